The number of aromatic carboxylic acids is 1. The lowest BCUT2D eigenvalue weighted by atomic mass is 10.2. The molecule has 0 radical (unpaired) electrons. The summed E-state index contributed by atoms with van der Waals surface area (Å²) in [5.41, 5.74) is 0.932. The van der Waals surface area contributed by atoms with Gasteiger partial charge in [0.2, 0.25) is 0 Å². The van der Waals surface area contributed by atoms with Gasteiger partial charge in [-0.3, -0.25) is 0 Å². The molecule has 6 heteroatoms. The van der Waals surface area contributed by atoms with Crippen molar-refractivity contribution in [3.8, 4) is 0 Å². The largest absolute Gasteiger partial charge is 0.478 e. The first-order valence-electron chi connectivity index (χ1n) is 4.99. The molecule has 0 fully saturated rings. The number of nitrogens with one attached hydrogen (secondary N) is 1. The number of carboxylic acids is 1. The molecule has 1 heterocycles. The third kappa shape index (κ3) is 2.72. The predicted octanol–water partition coefficient (Wildman–Crippen LogP) is 3.83. The minimum absolute atomic E-state index is 0.107. The average molecular weight is 283 g/mol. The number of carbonyl (C=O) groups is 1. The van der Waals surface area contributed by atoms with Crippen LogP contribution in [0.5, 0.6) is 0 Å². The zero-order valence-electron chi connectivity index (χ0n) is 9.02. The number of hydrogen-bond acceptors (Lipinski definition) is 3. The molecule has 92 valence electrons. The maximum Gasteiger partial charge on any atom is 0.340 e. The molecule has 1 aromatic heterocycles. The third-order valence-corrected chi connectivity index (χ3v) is 2.68. The van der Waals surface area contributed by atoms with Crippen LogP contribution in [0.25, 0.3) is 0 Å². The highest BCUT2D eigenvalue weighted by molar-refractivity contribution is 6.35. The fraction of sp³-hybridized carbons (Fsp3) is 0. The van der Waals surface area contributed by atoms with Gasteiger partial charge in [-0.25, -0.2) is 9.78 Å². The van der Waals surface area contributed by atoms with Crippen molar-refractivity contribution in [2.45, 2.75) is 0 Å². The lowest BCUT2D eigenvalue weighted by Gasteiger charge is -2.10. The van der Waals surface area contributed by atoms with Crippen molar-refractivity contribution < 1.29 is 9.90 Å². The summed E-state index contributed by atoms with van der Waals surface area (Å²) in [6.07, 6.45) is 0. The van der Waals surface area contributed by atoms with Gasteiger partial charge in [0, 0.05) is 5.69 Å². The van der Waals surface area contributed by atoms with Crippen molar-refractivity contribution in [1.82, 2.24) is 4.98 Å². The van der Waals surface area contributed by atoms with Crippen LogP contribution in [-0.2, 0) is 0 Å². The van der Waals surface area contributed by atoms with Crippen molar-refractivity contribution in [3.63, 3.8) is 0 Å². The SMILES string of the molecule is O=C(O)c1c(Nc2ccccc2)cc(Cl)nc1Cl. The highest BCUT2D eigenvalue weighted by Gasteiger charge is 2.17. The first kappa shape index (κ1) is 12.7. The molecule has 0 saturated heterocycles. The van der Waals surface area contributed by atoms with Crippen molar-refractivity contribution in [3.05, 3.63) is 52.3 Å². The molecule has 18 heavy (non-hydrogen) atoms. The molecule has 2 aromatic rings. The van der Waals surface area contributed by atoms with Crippen molar-refractivity contribution >= 4 is 40.5 Å². The van der Waals surface area contributed by atoms with E-state index in [-0.39, 0.29) is 15.9 Å². The van der Waals surface area contributed by atoms with Crippen LogP contribution >= 0.6 is 23.2 Å². The second-order valence-electron chi connectivity index (χ2n) is 3.45. The van der Waals surface area contributed by atoms with E-state index in [1.54, 1.807) is 12.1 Å². The molecule has 0 saturated carbocycles. The molecule has 0 unspecified atom stereocenters. The fourth-order valence-electron chi connectivity index (χ4n) is 1.46. The highest BCUT2D eigenvalue weighted by atomic mass is 35.5. The Morgan fingerprint density at radius 2 is 1.89 bits per heavy atom. The van der Waals surface area contributed by atoms with Gasteiger partial charge in [0.25, 0.3) is 0 Å². The molecule has 0 atom stereocenters. The number of para-hydroxylation sites is 1. The Morgan fingerprint density at radius 1 is 1.22 bits per heavy atom. The van der Waals surface area contributed by atoms with E-state index in [9.17, 15) is 4.79 Å². The number of benzene rings is 1. The van der Waals surface area contributed by atoms with Gasteiger partial charge in [0.1, 0.15) is 15.9 Å². The quantitative estimate of drug-likeness (QED) is 0.840. The Kier molecular flexibility index (Phi) is 3.69. The number of anilines is 2. The molecule has 2 N–H and O–H groups in total. The Bertz CT molecular complexity index is 588. The van der Waals surface area contributed by atoms with E-state index in [0.717, 1.165) is 5.69 Å². The summed E-state index contributed by atoms with van der Waals surface area (Å²) in [6.45, 7) is 0. The normalized spacial score (nSPS) is 10.1. The molecule has 2 rings (SSSR count). The van der Waals surface area contributed by atoms with Gasteiger partial charge in [0.05, 0.1) is 5.69 Å². The van der Waals surface area contributed by atoms with Gasteiger partial charge in [-0.1, -0.05) is 41.4 Å². The second kappa shape index (κ2) is 5.25. The maximum atomic E-state index is 11.1. The van der Waals surface area contributed by atoms with Crippen LogP contribution in [0, 0.1) is 0 Å². The molecular weight excluding hydrogens is 275 g/mol. The molecule has 0 bridgehead atoms. The fourth-order valence-corrected chi connectivity index (χ4v) is 1.97. The topological polar surface area (TPSA) is 62.2 Å². The summed E-state index contributed by atoms with van der Waals surface area (Å²) in [7, 11) is 0. The number of carboxylic acid groups (broad SMARTS) is 1. The minimum atomic E-state index is -1.16. The van der Waals surface area contributed by atoms with E-state index in [1.807, 2.05) is 18.2 Å². The molecule has 1 aromatic carbocycles. The Balaban J connectivity index is 2.46. The smallest absolute Gasteiger partial charge is 0.340 e. The summed E-state index contributed by atoms with van der Waals surface area (Å²) >= 11 is 11.5. The molecule has 0 aliphatic heterocycles. The Morgan fingerprint density at radius 3 is 2.50 bits per heavy atom. The Labute approximate surface area is 113 Å². The number of hydrogen-bond donors (Lipinski definition) is 2. The molecule has 4 nitrogen and oxygen atoms in total. The number of aromatic nitrogens is 1. The lowest BCUT2D eigenvalue weighted by Crippen LogP contribution is -2.05. The van der Waals surface area contributed by atoms with E-state index in [1.165, 1.54) is 6.07 Å². The number of nitrogens with zero attached hydrogens (tertiary/aromatic N) is 1. The van der Waals surface area contributed by atoms with Gasteiger partial charge in [-0.05, 0) is 18.2 Å². The first-order chi connectivity index (χ1) is 8.58. The van der Waals surface area contributed by atoms with Gasteiger partial charge < -0.3 is 10.4 Å². The number of pyridine rings is 1. The van der Waals surface area contributed by atoms with Crippen LogP contribution in [0.2, 0.25) is 10.3 Å². The summed E-state index contributed by atoms with van der Waals surface area (Å²) in [6, 6.07) is 10.5. The second-order valence-corrected chi connectivity index (χ2v) is 4.20. The van der Waals surface area contributed by atoms with Crippen LogP contribution in [-0.4, -0.2) is 16.1 Å². The van der Waals surface area contributed by atoms with Crippen molar-refractivity contribution in [2.24, 2.45) is 0 Å². The molecule has 0 amide bonds. The first-order valence-corrected chi connectivity index (χ1v) is 5.75. The van der Waals surface area contributed by atoms with Gasteiger partial charge in [0.15, 0.2) is 0 Å². The highest BCUT2D eigenvalue weighted by Crippen LogP contribution is 2.28. The van der Waals surface area contributed by atoms with Crippen LogP contribution in [0.1, 0.15) is 10.4 Å². The van der Waals surface area contributed by atoms with Crippen LogP contribution < -0.4 is 5.32 Å². The van der Waals surface area contributed by atoms with Crippen molar-refractivity contribution in [1.29, 1.82) is 0 Å². The number of halogens is 2. The van der Waals surface area contributed by atoms with Gasteiger partial charge in [-0.15, -0.1) is 0 Å². The predicted molar refractivity (Wildman–Crippen MR) is 70.9 cm³/mol. The van der Waals surface area contributed by atoms with Crippen molar-refractivity contribution in [2.75, 3.05) is 5.32 Å². The van der Waals surface area contributed by atoms with E-state index < -0.39 is 5.97 Å². The van der Waals surface area contributed by atoms with Crippen LogP contribution in [0.3, 0.4) is 0 Å². The average Bonchev–Trinajstić information content (AvgIpc) is 2.28. The van der Waals surface area contributed by atoms with Gasteiger partial charge >= 0.3 is 5.97 Å². The van der Waals surface area contributed by atoms with E-state index >= 15 is 0 Å². The Hall–Kier alpha value is -1.78. The lowest BCUT2D eigenvalue weighted by molar-refractivity contribution is 0.0698. The maximum absolute atomic E-state index is 11.1. The van der Waals surface area contributed by atoms with E-state index in [0.29, 0.717) is 5.69 Å². The minimum Gasteiger partial charge on any atom is -0.478 e. The van der Waals surface area contributed by atoms with Gasteiger partial charge in [-0.2, -0.15) is 0 Å². The standard InChI is InChI=1S/C12H8Cl2N2O2/c13-9-6-8(10(12(17)18)11(14)16-9)15-7-4-2-1-3-5-7/h1-6H,(H,15,16)(H,17,18). The zero-order valence-corrected chi connectivity index (χ0v) is 10.5. The summed E-state index contributed by atoms with van der Waals surface area (Å²) < 4.78 is 0. The monoisotopic (exact) mass is 282 g/mol. The van der Waals surface area contributed by atoms with Crippen LogP contribution in [0.15, 0.2) is 36.4 Å². The summed E-state index contributed by atoms with van der Waals surface area (Å²) in [4.78, 5) is 14.8. The summed E-state index contributed by atoms with van der Waals surface area (Å²) in [5, 5.41) is 12.0. The molecular formula is C12H8Cl2N2O2. The van der Waals surface area contributed by atoms with Crippen LogP contribution in [0.4, 0.5) is 11.4 Å². The number of rotatable bonds is 3. The molecule has 0 spiro atoms. The van der Waals surface area contributed by atoms with E-state index in [2.05, 4.69) is 10.3 Å². The van der Waals surface area contributed by atoms with E-state index in [4.69, 9.17) is 28.3 Å². The molecule has 0 aliphatic carbocycles. The summed E-state index contributed by atoms with van der Waals surface area (Å²) in [5.74, 6) is -1.16. The third-order valence-electron chi connectivity index (χ3n) is 2.21. The molecule has 0 aliphatic rings. The zero-order chi connectivity index (χ0) is 13.1.